The molecule has 1 heterocycles. The minimum Gasteiger partial charge on any atom is -0.496 e. The van der Waals surface area contributed by atoms with E-state index >= 15 is 0 Å². The molecule has 1 amide bonds. The number of methoxy groups -OCH3 is 1. The number of nitrogens with two attached hydrogens (primary N) is 1. The molecule has 0 radical (unpaired) electrons. The number of rotatable bonds is 9. The monoisotopic (exact) mass is 463 g/mol. The van der Waals surface area contributed by atoms with E-state index in [0.29, 0.717) is 47.3 Å². The predicted molar refractivity (Wildman–Crippen MR) is 125 cm³/mol. The quantitative estimate of drug-likeness (QED) is 0.495. The highest BCUT2D eigenvalue weighted by Crippen LogP contribution is 2.29. The van der Waals surface area contributed by atoms with Crippen molar-refractivity contribution in [3.63, 3.8) is 0 Å². The zero-order valence-corrected chi connectivity index (χ0v) is 19.1. The first-order chi connectivity index (χ1) is 15.4. The first-order valence-electron chi connectivity index (χ1n) is 10.9. The molecule has 1 saturated heterocycles. The lowest BCUT2D eigenvalue weighted by molar-refractivity contribution is 0.0925. The van der Waals surface area contributed by atoms with Crippen LogP contribution in [0, 0.1) is 11.7 Å². The number of likely N-dealkylation sites (tertiary alicyclic amines) is 1. The number of piperidine rings is 1. The summed E-state index contributed by atoms with van der Waals surface area (Å²) in [6.07, 6.45) is 2.72. The number of carbonyl (C=O) groups is 1. The van der Waals surface area contributed by atoms with Gasteiger partial charge in [0, 0.05) is 19.2 Å². The molecular formula is C24H31ClFN3O3. The fraction of sp³-hybridized carbons (Fsp3) is 0.458. The molecule has 1 atom stereocenters. The Morgan fingerprint density at radius 3 is 2.66 bits per heavy atom. The van der Waals surface area contributed by atoms with E-state index in [2.05, 4.69) is 10.2 Å². The van der Waals surface area contributed by atoms with Gasteiger partial charge in [-0.05, 0) is 68.5 Å². The summed E-state index contributed by atoms with van der Waals surface area (Å²) in [4.78, 5) is 14.9. The minimum atomic E-state index is -0.445. The number of nitrogen functional groups attached to an aromatic ring is 1. The van der Waals surface area contributed by atoms with Crippen LogP contribution >= 0.6 is 11.6 Å². The van der Waals surface area contributed by atoms with Crippen LogP contribution < -0.4 is 15.8 Å². The van der Waals surface area contributed by atoms with Crippen molar-refractivity contribution in [3.05, 3.63) is 58.4 Å². The molecule has 1 aliphatic heterocycles. The summed E-state index contributed by atoms with van der Waals surface area (Å²) in [5.41, 5.74) is 7.46. The molecule has 0 saturated carbocycles. The third-order valence-corrected chi connectivity index (χ3v) is 6.31. The fourth-order valence-corrected chi connectivity index (χ4v) is 4.15. The van der Waals surface area contributed by atoms with Crippen molar-refractivity contribution >= 4 is 23.2 Å². The van der Waals surface area contributed by atoms with E-state index in [1.165, 1.54) is 25.3 Å². The Bertz CT molecular complexity index is 902. The molecule has 1 unspecified atom stereocenters. The first kappa shape index (κ1) is 24.3. The molecule has 174 valence electrons. The standard InChI is InChI=1S/C24H31ClFN3O3/c1-32-23-14-22(27)21(25)13-20(23)24(31)28-15-17-6-9-29(10-7-17)11-8-19(30)12-16-2-4-18(26)5-3-16/h2-5,13-14,17,19,30H,6-12,15,27H2,1H3,(H,28,31). The normalized spacial score (nSPS) is 16.0. The van der Waals surface area contributed by atoms with Crippen LogP contribution in [0.5, 0.6) is 5.75 Å². The van der Waals surface area contributed by atoms with Crippen molar-refractivity contribution in [2.75, 3.05) is 39.0 Å². The summed E-state index contributed by atoms with van der Waals surface area (Å²) in [5.74, 6) is 0.307. The average Bonchev–Trinajstić information content (AvgIpc) is 2.79. The number of hydrogen-bond donors (Lipinski definition) is 3. The number of benzene rings is 2. The SMILES string of the molecule is COc1cc(N)c(Cl)cc1C(=O)NCC1CCN(CCC(O)Cc2ccc(F)cc2)CC1. The molecule has 0 aliphatic carbocycles. The van der Waals surface area contributed by atoms with Gasteiger partial charge >= 0.3 is 0 Å². The molecule has 6 nitrogen and oxygen atoms in total. The second-order valence-electron chi connectivity index (χ2n) is 8.34. The molecule has 0 bridgehead atoms. The third kappa shape index (κ3) is 6.82. The van der Waals surface area contributed by atoms with Gasteiger partial charge in [-0.2, -0.15) is 0 Å². The van der Waals surface area contributed by atoms with Crippen LogP contribution in [0.3, 0.4) is 0 Å². The van der Waals surface area contributed by atoms with Crippen molar-refractivity contribution in [2.45, 2.75) is 31.8 Å². The van der Waals surface area contributed by atoms with E-state index < -0.39 is 6.10 Å². The lowest BCUT2D eigenvalue weighted by Gasteiger charge is -2.32. The molecule has 0 spiro atoms. The van der Waals surface area contributed by atoms with Crippen LogP contribution in [0.1, 0.15) is 35.2 Å². The summed E-state index contributed by atoms with van der Waals surface area (Å²) in [7, 11) is 1.49. The van der Waals surface area contributed by atoms with Gasteiger partial charge in [-0.25, -0.2) is 4.39 Å². The van der Waals surface area contributed by atoms with Gasteiger partial charge in [0.1, 0.15) is 11.6 Å². The molecule has 0 aromatic heterocycles. The van der Waals surface area contributed by atoms with Crippen LogP contribution in [-0.2, 0) is 6.42 Å². The second kappa shape index (κ2) is 11.5. The van der Waals surface area contributed by atoms with Crippen LogP contribution in [0.25, 0.3) is 0 Å². The van der Waals surface area contributed by atoms with E-state index in [1.54, 1.807) is 18.2 Å². The largest absolute Gasteiger partial charge is 0.496 e. The van der Waals surface area contributed by atoms with Gasteiger partial charge in [0.15, 0.2) is 0 Å². The highest BCUT2D eigenvalue weighted by molar-refractivity contribution is 6.33. The van der Waals surface area contributed by atoms with E-state index in [4.69, 9.17) is 22.1 Å². The maximum absolute atomic E-state index is 13.0. The van der Waals surface area contributed by atoms with Gasteiger partial charge in [0.2, 0.25) is 0 Å². The van der Waals surface area contributed by atoms with Crippen LogP contribution in [0.4, 0.5) is 10.1 Å². The maximum atomic E-state index is 13.0. The average molecular weight is 464 g/mol. The van der Waals surface area contributed by atoms with Gasteiger partial charge in [0.25, 0.3) is 5.91 Å². The summed E-state index contributed by atoms with van der Waals surface area (Å²) in [5, 5.41) is 13.6. The zero-order valence-electron chi connectivity index (χ0n) is 18.3. The van der Waals surface area contributed by atoms with Gasteiger partial charge in [-0.3, -0.25) is 4.79 Å². The Balaban J connectivity index is 1.38. The number of nitrogens with zero attached hydrogens (tertiary/aromatic N) is 1. The number of aliphatic hydroxyl groups excluding tert-OH is 1. The summed E-state index contributed by atoms with van der Waals surface area (Å²) >= 11 is 6.06. The number of amides is 1. The molecule has 1 fully saturated rings. The van der Waals surface area contributed by atoms with Crippen molar-refractivity contribution in [1.29, 1.82) is 0 Å². The van der Waals surface area contributed by atoms with Crippen molar-refractivity contribution in [3.8, 4) is 5.75 Å². The Morgan fingerprint density at radius 2 is 2.00 bits per heavy atom. The Hall–Kier alpha value is -2.35. The van der Waals surface area contributed by atoms with Gasteiger partial charge < -0.3 is 25.8 Å². The van der Waals surface area contributed by atoms with Crippen molar-refractivity contribution in [1.82, 2.24) is 10.2 Å². The Morgan fingerprint density at radius 1 is 1.31 bits per heavy atom. The van der Waals surface area contributed by atoms with Crippen LogP contribution in [0.15, 0.2) is 36.4 Å². The molecule has 2 aromatic carbocycles. The maximum Gasteiger partial charge on any atom is 0.255 e. The zero-order chi connectivity index (χ0) is 23.1. The number of anilines is 1. The number of aliphatic hydroxyl groups is 1. The summed E-state index contributed by atoms with van der Waals surface area (Å²) in [6.45, 7) is 3.27. The minimum absolute atomic E-state index is 0.227. The topological polar surface area (TPSA) is 87.8 Å². The van der Waals surface area contributed by atoms with E-state index in [9.17, 15) is 14.3 Å². The van der Waals surface area contributed by atoms with Crippen LogP contribution in [0.2, 0.25) is 5.02 Å². The van der Waals surface area contributed by atoms with Gasteiger partial charge in [-0.15, -0.1) is 0 Å². The summed E-state index contributed by atoms with van der Waals surface area (Å²) in [6, 6.07) is 9.36. The Labute approximate surface area is 193 Å². The molecule has 32 heavy (non-hydrogen) atoms. The molecule has 4 N–H and O–H groups in total. The molecular weight excluding hydrogens is 433 g/mol. The molecule has 3 rings (SSSR count). The predicted octanol–water partition coefficient (Wildman–Crippen LogP) is 3.51. The van der Waals surface area contributed by atoms with Crippen molar-refractivity contribution < 1.29 is 19.0 Å². The number of hydrogen-bond acceptors (Lipinski definition) is 5. The van der Waals surface area contributed by atoms with E-state index in [1.807, 2.05) is 0 Å². The van der Waals surface area contributed by atoms with Gasteiger partial charge in [-0.1, -0.05) is 23.7 Å². The number of nitrogens with one attached hydrogen (secondary N) is 1. The highest BCUT2D eigenvalue weighted by Gasteiger charge is 2.22. The fourth-order valence-electron chi connectivity index (χ4n) is 3.99. The van der Waals surface area contributed by atoms with Gasteiger partial charge in [0.05, 0.1) is 29.5 Å². The number of ether oxygens (including phenoxy) is 1. The Kier molecular flexibility index (Phi) is 8.73. The first-order valence-corrected chi connectivity index (χ1v) is 11.3. The van der Waals surface area contributed by atoms with E-state index in [0.717, 1.165) is 38.0 Å². The van der Waals surface area contributed by atoms with Crippen molar-refractivity contribution in [2.24, 2.45) is 5.92 Å². The number of halogens is 2. The smallest absolute Gasteiger partial charge is 0.255 e. The van der Waals surface area contributed by atoms with Crippen LogP contribution in [-0.4, -0.2) is 55.3 Å². The molecule has 1 aliphatic rings. The number of carbonyl (C=O) groups excluding carboxylic acids is 1. The lowest BCUT2D eigenvalue weighted by Crippen LogP contribution is -2.39. The highest BCUT2D eigenvalue weighted by atomic mass is 35.5. The lowest BCUT2D eigenvalue weighted by atomic mass is 9.96. The molecule has 8 heteroatoms. The molecule has 2 aromatic rings. The summed E-state index contributed by atoms with van der Waals surface area (Å²) < 4.78 is 18.2. The second-order valence-corrected chi connectivity index (χ2v) is 8.75. The third-order valence-electron chi connectivity index (χ3n) is 5.99. The van der Waals surface area contributed by atoms with E-state index in [-0.39, 0.29) is 11.7 Å².